The van der Waals surface area contributed by atoms with Gasteiger partial charge in [-0.1, -0.05) is 42.5 Å². The van der Waals surface area contributed by atoms with Crippen LogP contribution in [-0.2, 0) is 13.5 Å². The Morgan fingerprint density at radius 3 is 2.43 bits per heavy atom. The molecule has 6 heteroatoms. The molecule has 0 radical (unpaired) electrons. The van der Waals surface area contributed by atoms with Crippen LogP contribution in [0.25, 0.3) is 10.9 Å². The summed E-state index contributed by atoms with van der Waals surface area (Å²) in [6.45, 7) is 0. The van der Waals surface area contributed by atoms with Gasteiger partial charge in [-0.05, 0) is 60.0 Å². The summed E-state index contributed by atoms with van der Waals surface area (Å²) in [4.78, 5) is 12.6. The molecular weight excluding hydrogens is 394 g/mol. The van der Waals surface area contributed by atoms with E-state index in [1.165, 1.54) is 0 Å². The fourth-order valence-electron chi connectivity index (χ4n) is 3.54. The van der Waals surface area contributed by atoms with Crippen LogP contribution in [0, 0.1) is 0 Å². The van der Waals surface area contributed by atoms with Gasteiger partial charge in [0.1, 0.15) is 4.99 Å². The Balaban J connectivity index is 1.54. The number of nitrogens with one attached hydrogen (secondary N) is 2. The minimum Gasteiger partial charge on any atom is -0.350 e. The number of nitrogens with zero attached hydrogens (tertiary/aromatic N) is 1. The first-order valence-corrected chi connectivity index (χ1v) is 9.93. The molecule has 1 heterocycles. The monoisotopic (exact) mass is 415 g/mol. The highest BCUT2D eigenvalue weighted by Crippen LogP contribution is 2.25. The van der Waals surface area contributed by atoms with Crippen molar-refractivity contribution < 1.29 is 10.0 Å². The zero-order valence-electron chi connectivity index (χ0n) is 16.4. The van der Waals surface area contributed by atoms with Gasteiger partial charge in [0.25, 0.3) is 5.91 Å². The van der Waals surface area contributed by atoms with Gasteiger partial charge in [0.2, 0.25) is 0 Å². The smallest absolute Gasteiger partial charge is 0.255 e. The number of anilines is 1. The van der Waals surface area contributed by atoms with Crippen molar-refractivity contribution in [1.29, 1.82) is 0 Å². The average molecular weight is 416 g/mol. The first-order valence-electron chi connectivity index (χ1n) is 9.53. The van der Waals surface area contributed by atoms with Crippen LogP contribution in [0.4, 0.5) is 5.69 Å². The van der Waals surface area contributed by atoms with Crippen LogP contribution in [0.2, 0.25) is 0 Å². The van der Waals surface area contributed by atoms with Crippen LogP contribution in [0.5, 0.6) is 0 Å². The fourth-order valence-corrected chi connectivity index (χ4v) is 3.67. The summed E-state index contributed by atoms with van der Waals surface area (Å²) in [6.07, 6.45) is 2.85. The third kappa shape index (κ3) is 4.10. The van der Waals surface area contributed by atoms with Gasteiger partial charge in [0.05, 0.1) is 0 Å². The molecule has 0 saturated carbocycles. The second-order valence-electron chi connectivity index (χ2n) is 7.13. The number of benzene rings is 3. The van der Waals surface area contributed by atoms with Crippen LogP contribution in [0.15, 0.2) is 79.0 Å². The zero-order chi connectivity index (χ0) is 21.1. The van der Waals surface area contributed by atoms with E-state index in [1.807, 2.05) is 73.2 Å². The predicted molar refractivity (Wildman–Crippen MR) is 123 cm³/mol. The first kappa shape index (κ1) is 19.8. The minimum atomic E-state index is -0.126. The van der Waals surface area contributed by atoms with Crippen molar-refractivity contribution in [3.05, 3.63) is 101 Å². The maximum atomic E-state index is 12.3. The summed E-state index contributed by atoms with van der Waals surface area (Å²) in [5, 5.41) is 13.1. The Morgan fingerprint density at radius 1 is 1.00 bits per heavy atom. The lowest BCUT2D eigenvalue weighted by atomic mass is 10.0. The topological polar surface area (TPSA) is 66.3 Å². The van der Waals surface area contributed by atoms with E-state index in [2.05, 4.69) is 16.1 Å². The molecular formula is C24H21N3O2S. The predicted octanol–water partition coefficient (Wildman–Crippen LogP) is 4.68. The van der Waals surface area contributed by atoms with Gasteiger partial charge in [-0.15, -0.1) is 0 Å². The molecule has 3 aromatic carbocycles. The molecule has 0 fully saturated rings. The molecule has 0 aliphatic carbocycles. The van der Waals surface area contributed by atoms with Gasteiger partial charge in [0.15, 0.2) is 0 Å². The number of hydroxylamine groups is 1. The minimum absolute atomic E-state index is 0.126. The van der Waals surface area contributed by atoms with E-state index in [-0.39, 0.29) is 5.91 Å². The van der Waals surface area contributed by atoms with Gasteiger partial charge in [-0.3, -0.25) is 15.5 Å². The van der Waals surface area contributed by atoms with Crippen molar-refractivity contribution in [1.82, 2.24) is 10.0 Å². The highest BCUT2D eigenvalue weighted by Gasteiger charge is 2.11. The number of carbonyl (C=O) groups is 1. The summed E-state index contributed by atoms with van der Waals surface area (Å²) >= 11 is 5.15. The Kier molecular flexibility index (Phi) is 5.61. The molecule has 0 spiro atoms. The number of thiocarbonyl (C=S) groups is 1. The Morgan fingerprint density at radius 2 is 1.73 bits per heavy atom. The second kappa shape index (κ2) is 8.49. The van der Waals surface area contributed by atoms with E-state index in [4.69, 9.17) is 17.4 Å². The van der Waals surface area contributed by atoms with E-state index < -0.39 is 0 Å². The molecule has 0 saturated heterocycles. The highest BCUT2D eigenvalue weighted by molar-refractivity contribution is 7.80. The summed E-state index contributed by atoms with van der Waals surface area (Å²) in [6, 6.07) is 22.9. The second-order valence-corrected chi connectivity index (χ2v) is 7.54. The molecule has 0 atom stereocenters. The van der Waals surface area contributed by atoms with E-state index in [0.29, 0.717) is 10.6 Å². The number of aromatic nitrogens is 1. The summed E-state index contributed by atoms with van der Waals surface area (Å²) < 4.78 is 2.08. The standard InChI is InChI=1S/C24H21N3O2S/c1-27-15-19(21-14-18(24(30)26-29)9-12-22(21)27)13-16-7-10-20(11-8-16)25-23(28)17-5-3-2-4-6-17/h2-12,14-15,29H,13H2,1H3,(H,25,28)(H,26,30). The van der Waals surface area contributed by atoms with E-state index in [0.717, 1.165) is 39.7 Å². The summed E-state index contributed by atoms with van der Waals surface area (Å²) in [7, 11) is 2.01. The number of hydrogen-bond donors (Lipinski definition) is 3. The Bertz CT molecular complexity index is 1210. The molecule has 0 unspecified atom stereocenters. The van der Waals surface area contributed by atoms with Crippen LogP contribution in [0.1, 0.15) is 27.0 Å². The molecule has 150 valence electrons. The summed E-state index contributed by atoms with van der Waals surface area (Å²) in [5.41, 5.74) is 7.59. The van der Waals surface area contributed by atoms with Crippen LogP contribution < -0.4 is 10.8 Å². The lowest BCUT2D eigenvalue weighted by molar-refractivity contribution is 0.102. The van der Waals surface area contributed by atoms with Gasteiger partial charge >= 0.3 is 0 Å². The average Bonchev–Trinajstić information content (AvgIpc) is 3.09. The maximum Gasteiger partial charge on any atom is 0.255 e. The number of carbonyl (C=O) groups excluding carboxylic acids is 1. The maximum absolute atomic E-state index is 12.3. The van der Waals surface area contributed by atoms with Crippen molar-refractivity contribution in [2.24, 2.45) is 7.05 Å². The quantitative estimate of drug-likeness (QED) is 0.327. The van der Waals surface area contributed by atoms with Crippen LogP contribution >= 0.6 is 12.2 Å². The number of rotatable bonds is 5. The van der Waals surface area contributed by atoms with Gasteiger partial charge < -0.3 is 9.88 Å². The van der Waals surface area contributed by atoms with Crippen molar-refractivity contribution in [3.8, 4) is 0 Å². The number of amides is 1. The van der Waals surface area contributed by atoms with Crippen molar-refractivity contribution >= 4 is 39.7 Å². The lowest BCUT2D eigenvalue weighted by Gasteiger charge is -2.07. The highest BCUT2D eigenvalue weighted by atomic mass is 32.1. The number of hydrogen-bond acceptors (Lipinski definition) is 3. The van der Waals surface area contributed by atoms with Crippen molar-refractivity contribution in [3.63, 3.8) is 0 Å². The van der Waals surface area contributed by atoms with E-state index in [9.17, 15) is 4.79 Å². The third-order valence-corrected chi connectivity index (χ3v) is 5.41. The largest absolute Gasteiger partial charge is 0.350 e. The molecule has 4 rings (SSSR count). The lowest BCUT2D eigenvalue weighted by Crippen LogP contribution is -2.17. The summed E-state index contributed by atoms with van der Waals surface area (Å²) in [5.74, 6) is -0.126. The molecule has 5 nitrogen and oxygen atoms in total. The molecule has 0 aliphatic rings. The number of aryl methyl sites for hydroxylation is 1. The third-order valence-electron chi connectivity index (χ3n) is 5.08. The van der Waals surface area contributed by atoms with Gasteiger partial charge in [-0.2, -0.15) is 0 Å². The first-order chi connectivity index (χ1) is 14.5. The fraction of sp³-hybridized carbons (Fsp3) is 0.0833. The molecule has 0 aliphatic heterocycles. The van der Waals surface area contributed by atoms with Crippen LogP contribution in [-0.4, -0.2) is 20.7 Å². The SMILES string of the molecule is Cn1cc(Cc2ccc(NC(=O)c3ccccc3)cc2)c2cc(C(=S)NO)ccc21. The van der Waals surface area contributed by atoms with Gasteiger partial charge in [-0.25, -0.2) is 0 Å². The molecule has 1 amide bonds. The van der Waals surface area contributed by atoms with E-state index in [1.54, 1.807) is 12.1 Å². The molecule has 4 aromatic rings. The van der Waals surface area contributed by atoms with Gasteiger partial charge in [0, 0.05) is 41.0 Å². The Labute approximate surface area is 179 Å². The molecule has 0 bridgehead atoms. The van der Waals surface area contributed by atoms with Crippen molar-refractivity contribution in [2.75, 3.05) is 5.32 Å². The molecule has 1 aromatic heterocycles. The normalized spacial score (nSPS) is 10.7. The van der Waals surface area contributed by atoms with Crippen molar-refractivity contribution in [2.45, 2.75) is 6.42 Å². The Hall–Kier alpha value is -3.48. The number of fused-ring (bicyclic) bond motifs is 1. The molecule has 30 heavy (non-hydrogen) atoms. The van der Waals surface area contributed by atoms with Crippen LogP contribution in [0.3, 0.4) is 0 Å². The zero-order valence-corrected chi connectivity index (χ0v) is 17.2. The van der Waals surface area contributed by atoms with E-state index >= 15 is 0 Å². The molecule has 3 N–H and O–H groups in total.